The van der Waals surface area contributed by atoms with Crippen molar-refractivity contribution in [1.29, 1.82) is 0 Å². The van der Waals surface area contributed by atoms with Crippen molar-refractivity contribution in [1.82, 2.24) is 14.5 Å². The Morgan fingerprint density at radius 2 is 1.88 bits per heavy atom. The van der Waals surface area contributed by atoms with Gasteiger partial charge in [0, 0.05) is 39.3 Å². The number of likely N-dealkylation sites (tertiary alicyclic amines) is 1. The summed E-state index contributed by atoms with van der Waals surface area (Å²) in [7, 11) is -3.04. The van der Waals surface area contributed by atoms with E-state index in [4.69, 9.17) is 4.99 Å². The van der Waals surface area contributed by atoms with Gasteiger partial charge < -0.3 is 10.2 Å². The molecule has 8 heteroatoms. The van der Waals surface area contributed by atoms with E-state index in [1.54, 1.807) is 4.31 Å². The molecule has 0 atom stereocenters. The van der Waals surface area contributed by atoms with E-state index >= 15 is 0 Å². The predicted octanol–water partition coefficient (Wildman–Crippen LogP) is 1.97. The topological polar surface area (TPSA) is 65.0 Å². The molecule has 24 heavy (non-hydrogen) atoms. The molecule has 2 rings (SSSR count). The van der Waals surface area contributed by atoms with Gasteiger partial charge in [-0.1, -0.05) is 13.8 Å². The maximum absolute atomic E-state index is 11.6. The number of rotatable bonds is 4. The average molecular weight is 472 g/mol. The van der Waals surface area contributed by atoms with Crippen LogP contribution in [0.25, 0.3) is 0 Å². The van der Waals surface area contributed by atoms with E-state index in [1.165, 1.54) is 12.7 Å². The van der Waals surface area contributed by atoms with Gasteiger partial charge in [0.25, 0.3) is 0 Å². The van der Waals surface area contributed by atoms with Gasteiger partial charge in [0.1, 0.15) is 0 Å². The van der Waals surface area contributed by atoms with E-state index in [9.17, 15) is 8.42 Å². The van der Waals surface area contributed by atoms with Crippen molar-refractivity contribution in [3.05, 3.63) is 0 Å². The molecular weight excluding hydrogens is 439 g/mol. The first-order chi connectivity index (χ1) is 10.7. The van der Waals surface area contributed by atoms with Gasteiger partial charge in [0.15, 0.2) is 5.96 Å². The Bertz CT molecular complexity index is 528. The van der Waals surface area contributed by atoms with Crippen molar-refractivity contribution < 1.29 is 8.42 Å². The fourth-order valence-corrected chi connectivity index (χ4v) is 4.23. The van der Waals surface area contributed by atoms with Gasteiger partial charge in [-0.3, -0.25) is 4.99 Å². The molecule has 2 saturated heterocycles. The molecule has 0 unspecified atom stereocenters. The third-order valence-corrected chi connectivity index (χ3v) is 6.16. The molecule has 0 amide bonds. The minimum absolute atomic E-state index is 0. The third-order valence-electron chi connectivity index (χ3n) is 4.85. The van der Waals surface area contributed by atoms with Crippen LogP contribution in [0.4, 0.5) is 0 Å². The van der Waals surface area contributed by atoms with Crippen LogP contribution in [0.2, 0.25) is 0 Å². The Labute approximate surface area is 164 Å². The largest absolute Gasteiger partial charge is 0.357 e. The highest BCUT2D eigenvalue weighted by Crippen LogP contribution is 2.28. The lowest BCUT2D eigenvalue weighted by molar-refractivity contribution is 0.279. The molecule has 0 saturated carbocycles. The normalized spacial score (nSPS) is 23.2. The second-order valence-corrected chi connectivity index (χ2v) is 9.62. The SMILES string of the molecule is CCNC(=NCC1CCN(S(C)(=O)=O)CC1)N1CCC(C)(C)C1.I. The van der Waals surface area contributed by atoms with Crippen LogP contribution in [0, 0.1) is 11.3 Å². The highest BCUT2D eigenvalue weighted by molar-refractivity contribution is 14.0. The van der Waals surface area contributed by atoms with E-state index in [0.717, 1.165) is 45.0 Å². The molecule has 2 aliphatic rings. The van der Waals surface area contributed by atoms with Crippen molar-refractivity contribution in [2.45, 2.75) is 40.0 Å². The van der Waals surface area contributed by atoms with Crippen molar-refractivity contribution >= 4 is 40.0 Å². The number of hydrogen-bond acceptors (Lipinski definition) is 3. The Balaban J connectivity index is 0.00000288. The lowest BCUT2D eigenvalue weighted by Gasteiger charge is -2.30. The van der Waals surface area contributed by atoms with Gasteiger partial charge in [0.2, 0.25) is 10.0 Å². The molecule has 0 radical (unpaired) electrons. The summed E-state index contributed by atoms with van der Waals surface area (Å²) in [5.74, 6) is 1.50. The average Bonchev–Trinajstić information content (AvgIpc) is 2.83. The fraction of sp³-hybridized carbons (Fsp3) is 0.938. The second-order valence-electron chi connectivity index (χ2n) is 7.64. The van der Waals surface area contributed by atoms with Crippen LogP contribution in [0.3, 0.4) is 0 Å². The molecule has 0 spiro atoms. The van der Waals surface area contributed by atoms with Gasteiger partial charge in [-0.2, -0.15) is 0 Å². The van der Waals surface area contributed by atoms with Crippen LogP contribution in [0.5, 0.6) is 0 Å². The Hall–Kier alpha value is -0.0900. The van der Waals surface area contributed by atoms with Crippen molar-refractivity contribution in [2.24, 2.45) is 16.3 Å². The minimum Gasteiger partial charge on any atom is -0.357 e. The van der Waals surface area contributed by atoms with Crippen molar-refractivity contribution in [2.75, 3.05) is 45.5 Å². The third kappa shape index (κ3) is 6.33. The number of guanidine groups is 1. The van der Waals surface area contributed by atoms with Gasteiger partial charge in [-0.15, -0.1) is 24.0 Å². The number of sulfonamides is 1. The molecule has 1 N–H and O–H groups in total. The Morgan fingerprint density at radius 1 is 1.25 bits per heavy atom. The summed E-state index contributed by atoms with van der Waals surface area (Å²) in [6, 6.07) is 0. The fourth-order valence-electron chi connectivity index (χ4n) is 3.36. The predicted molar refractivity (Wildman–Crippen MR) is 111 cm³/mol. The van der Waals surface area contributed by atoms with E-state index in [1.807, 2.05) is 0 Å². The molecule has 0 bridgehead atoms. The summed E-state index contributed by atoms with van der Waals surface area (Å²) in [6.45, 7) is 11.7. The summed E-state index contributed by atoms with van der Waals surface area (Å²) in [5.41, 5.74) is 0.358. The van der Waals surface area contributed by atoms with Crippen LogP contribution < -0.4 is 5.32 Å². The lowest BCUT2D eigenvalue weighted by atomic mass is 9.93. The summed E-state index contributed by atoms with van der Waals surface area (Å²) in [6.07, 6.45) is 4.30. The van der Waals surface area contributed by atoms with Gasteiger partial charge >= 0.3 is 0 Å². The zero-order chi connectivity index (χ0) is 17.1. The maximum atomic E-state index is 11.6. The van der Waals surface area contributed by atoms with Crippen molar-refractivity contribution in [3.8, 4) is 0 Å². The number of nitrogens with zero attached hydrogens (tertiary/aromatic N) is 3. The van der Waals surface area contributed by atoms with E-state index < -0.39 is 10.0 Å². The van der Waals surface area contributed by atoms with Crippen LogP contribution >= 0.6 is 24.0 Å². The molecule has 0 aromatic carbocycles. The standard InChI is InChI=1S/C16H32N4O2S.HI/c1-5-17-15(19-11-8-16(2,3)13-19)18-12-14-6-9-20(10-7-14)23(4,21)22;/h14H,5-13H2,1-4H3,(H,17,18);1H. The number of aliphatic imine (C=N–C) groups is 1. The number of halogens is 1. The minimum atomic E-state index is -3.04. The van der Waals surface area contributed by atoms with Crippen LogP contribution in [0.15, 0.2) is 4.99 Å². The van der Waals surface area contributed by atoms with Crippen LogP contribution in [0.1, 0.15) is 40.0 Å². The summed E-state index contributed by atoms with van der Waals surface area (Å²) in [4.78, 5) is 7.19. The van der Waals surface area contributed by atoms with E-state index in [-0.39, 0.29) is 24.0 Å². The quantitative estimate of drug-likeness (QED) is 0.386. The number of hydrogen-bond donors (Lipinski definition) is 1. The number of piperidine rings is 1. The molecule has 2 heterocycles. The Kier molecular flexibility index (Phi) is 8.25. The van der Waals surface area contributed by atoms with Crippen LogP contribution in [-0.2, 0) is 10.0 Å². The monoisotopic (exact) mass is 472 g/mol. The second kappa shape index (κ2) is 9.02. The highest BCUT2D eigenvalue weighted by atomic mass is 127. The first-order valence-corrected chi connectivity index (χ1v) is 10.5. The summed E-state index contributed by atoms with van der Waals surface area (Å²) in [5, 5.41) is 3.40. The highest BCUT2D eigenvalue weighted by Gasteiger charge is 2.31. The summed E-state index contributed by atoms with van der Waals surface area (Å²) >= 11 is 0. The van der Waals surface area contributed by atoms with Crippen molar-refractivity contribution in [3.63, 3.8) is 0 Å². The summed E-state index contributed by atoms with van der Waals surface area (Å²) < 4.78 is 24.7. The first kappa shape index (κ1) is 22.0. The Morgan fingerprint density at radius 3 is 2.33 bits per heavy atom. The molecule has 2 aliphatic heterocycles. The van der Waals surface area contributed by atoms with E-state index in [0.29, 0.717) is 24.4 Å². The zero-order valence-corrected chi connectivity index (χ0v) is 18.6. The smallest absolute Gasteiger partial charge is 0.211 e. The maximum Gasteiger partial charge on any atom is 0.211 e. The van der Waals surface area contributed by atoms with Gasteiger partial charge in [0.05, 0.1) is 6.26 Å². The molecule has 2 fully saturated rings. The van der Waals surface area contributed by atoms with Gasteiger partial charge in [-0.05, 0) is 37.5 Å². The molecule has 142 valence electrons. The van der Waals surface area contributed by atoms with E-state index in [2.05, 4.69) is 31.0 Å². The molecule has 6 nitrogen and oxygen atoms in total. The molecule has 0 aromatic rings. The first-order valence-electron chi connectivity index (χ1n) is 8.70. The lowest BCUT2D eigenvalue weighted by Crippen LogP contribution is -2.42. The zero-order valence-electron chi connectivity index (χ0n) is 15.4. The molecule has 0 aromatic heterocycles. The van der Waals surface area contributed by atoms with Crippen LogP contribution in [-0.4, -0.2) is 69.1 Å². The molecular formula is C16H33IN4O2S. The van der Waals surface area contributed by atoms with Gasteiger partial charge in [-0.25, -0.2) is 12.7 Å². The molecule has 0 aliphatic carbocycles. The number of nitrogens with one attached hydrogen (secondary N) is 1.